The van der Waals surface area contributed by atoms with Crippen LogP contribution >= 0.6 is 12.6 Å². The lowest BCUT2D eigenvalue weighted by molar-refractivity contribution is -0.122. The summed E-state index contributed by atoms with van der Waals surface area (Å²) in [4.78, 5) is 20.8. The van der Waals surface area contributed by atoms with E-state index in [1.54, 1.807) is 0 Å². The Balaban J connectivity index is -0.000000439. The van der Waals surface area contributed by atoms with Gasteiger partial charge < -0.3 is 14.8 Å². The zero-order valence-electron chi connectivity index (χ0n) is 11.5. The van der Waals surface area contributed by atoms with Gasteiger partial charge >= 0.3 is 0 Å². The molecule has 1 amide bonds. The summed E-state index contributed by atoms with van der Waals surface area (Å²) in [6, 6.07) is 0. The zero-order chi connectivity index (χ0) is 13.9. The van der Waals surface area contributed by atoms with E-state index in [0.29, 0.717) is 25.5 Å². The standard InChI is InChI=1S/C8H15NO3S.2C2H6/c10-4-1-2-8(11)9-3-5-12-6-7-13;2*1-2/h4,13H,1-3,5-7H2,(H,9,11);2*1-2H3. The summed E-state index contributed by atoms with van der Waals surface area (Å²) in [7, 11) is 0. The van der Waals surface area contributed by atoms with Crippen LogP contribution in [-0.2, 0) is 14.3 Å². The van der Waals surface area contributed by atoms with E-state index >= 15 is 0 Å². The Bertz CT molecular complexity index is 155. The number of hydrogen-bond donors (Lipinski definition) is 2. The molecule has 4 nitrogen and oxygen atoms in total. The van der Waals surface area contributed by atoms with Crippen LogP contribution in [0.25, 0.3) is 0 Å². The molecular weight excluding hydrogens is 238 g/mol. The Hall–Kier alpha value is -0.550. The number of hydrogen-bond acceptors (Lipinski definition) is 4. The number of aldehydes is 1. The zero-order valence-corrected chi connectivity index (χ0v) is 12.4. The van der Waals surface area contributed by atoms with E-state index in [2.05, 4.69) is 17.9 Å². The van der Waals surface area contributed by atoms with Crippen LogP contribution < -0.4 is 5.32 Å². The monoisotopic (exact) mass is 265 g/mol. The normalized spacial score (nSPS) is 8.06. The Morgan fingerprint density at radius 2 is 1.82 bits per heavy atom. The maximum Gasteiger partial charge on any atom is 0.220 e. The van der Waals surface area contributed by atoms with Crippen molar-refractivity contribution in [1.29, 1.82) is 0 Å². The van der Waals surface area contributed by atoms with E-state index in [1.165, 1.54) is 0 Å². The fourth-order valence-corrected chi connectivity index (χ4v) is 0.837. The molecule has 17 heavy (non-hydrogen) atoms. The van der Waals surface area contributed by atoms with E-state index in [-0.39, 0.29) is 18.7 Å². The second kappa shape index (κ2) is 24.6. The first-order valence-electron chi connectivity index (χ1n) is 6.20. The van der Waals surface area contributed by atoms with Crippen LogP contribution in [-0.4, -0.2) is 37.7 Å². The number of carbonyl (C=O) groups excluding carboxylic acids is 2. The second-order valence-corrected chi connectivity index (χ2v) is 2.84. The summed E-state index contributed by atoms with van der Waals surface area (Å²) in [5.41, 5.74) is 0. The van der Waals surface area contributed by atoms with Gasteiger partial charge in [-0.3, -0.25) is 4.79 Å². The number of nitrogens with one attached hydrogen (secondary N) is 1. The van der Waals surface area contributed by atoms with Gasteiger partial charge in [0.2, 0.25) is 5.91 Å². The van der Waals surface area contributed by atoms with Crippen molar-refractivity contribution < 1.29 is 14.3 Å². The van der Waals surface area contributed by atoms with Gasteiger partial charge in [0.25, 0.3) is 0 Å². The Kier molecular flexibility index (Phi) is 31.4. The first kappa shape index (κ1) is 21.7. The van der Waals surface area contributed by atoms with E-state index in [0.717, 1.165) is 6.29 Å². The Morgan fingerprint density at radius 3 is 2.29 bits per heavy atom. The van der Waals surface area contributed by atoms with Crippen molar-refractivity contribution in [2.75, 3.05) is 25.5 Å². The van der Waals surface area contributed by atoms with Gasteiger partial charge in [-0.2, -0.15) is 12.6 Å². The number of amides is 1. The lowest BCUT2D eigenvalue weighted by Crippen LogP contribution is -2.27. The van der Waals surface area contributed by atoms with Crippen molar-refractivity contribution in [2.45, 2.75) is 40.5 Å². The smallest absolute Gasteiger partial charge is 0.220 e. The molecule has 0 heterocycles. The molecule has 0 aliphatic rings. The topological polar surface area (TPSA) is 55.4 Å². The molecule has 0 rings (SSSR count). The first-order chi connectivity index (χ1) is 8.31. The third-order valence-corrected chi connectivity index (χ3v) is 1.48. The molecule has 0 aromatic heterocycles. The molecule has 0 radical (unpaired) electrons. The van der Waals surface area contributed by atoms with Crippen molar-refractivity contribution in [1.82, 2.24) is 5.32 Å². The molecule has 0 aromatic carbocycles. The van der Waals surface area contributed by atoms with Gasteiger partial charge in [-0.05, 0) is 0 Å². The number of carbonyl (C=O) groups is 2. The van der Waals surface area contributed by atoms with Crippen LogP contribution in [0.2, 0.25) is 0 Å². The fraction of sp³-hybridized carbons (Fsp3) is 0.833. The Morgan fingerprint density at radius 1 is 1.24 bits per heavy atom. The fourth-order valence-electron chi connectivity index (χ4n) is 0.708. The van der Waals surface area contributed by atoms with Crippen molar-refractivity contribution in [3.63, 3.8) is 0 Å². The molecule has 0 aliphatic carbocycles. The summed E-state index contributed by atoms with van der Waals surface area (Å²) in [6.07, 6.45) is 1.27. The van der Waals surface area contributed by atoms with E-state index in [9.17, 15) is 9.59 Å². The highest BCUT2D eigenvalue weighted by Crippen LogP contribution is 1.83. The molecule has 0 saturated heterocycles. The van der Waals surface area contributed by atoms with Crippen molar-refractivity contribution in [3.05, 3.63) is 0 Å². The van der Waals surface area contributed by atoms with Crippen LogP contribution in [0.15, 0.2) is 0 Å². The molecule has 0 bridgehead atoms. The molecule has 0 aliphatic heterocycles. The molecule has 0 fully saturated rings. The van der Waals surface area contributed by atoms with Gasteiger partial charge in [-0.25, -0.2) is 0 Å². The van der Waals surface area contributed by atoms with Crippen LogP contribution in [0.4, 0.5) is 0 Å². The average Bonchev–Trinajstić information content (AvgIpc) is 2.41. The molecule has 0 unspecified atom stereocenters. The average molecular weight is 265 g/mol. The first-order valence-corrected chi connectivity index (χ1v) is 6.83. The minimum atomic E-state index is -0.110. The van der Waals surface area contributed by atoms with Crippen LogP contribution in [0.5, 0.6) is 0 Å². The van der Waals surface area contributed by atoms with E-state index in [1.807, 2.05) is 27.7 Å². The minimum absolute atomic E-state index is 0.110. The lowest BCUT2D eigenvalue weighted by Gasteiger charge is -2.03. The van der Waals surface area contributed by atoms with E-state index < -0.39 is 0 Å². The maximum absolute atomic E-state index is 10.9. The molecule has 0 spiro atoms. The quantitative estimate of drug-likeness (QED) is 0.401. The lowest BCUT2D eigenvalue weighted by atomic mass is 10.3. The van der Waals surface area contributed by atoms with Crippen LogP contribution in [0, 0.1) is 0 Å². The Labute approximate surface area is 111 Å². The van der Waals surface area contributed by atoms with Crippen LogP contribution in [0.3, 0.4) is 0 Å². The third-order valence-electron chi connectivity index (χ3n) is 1.29. The predicted molar refractivity (Wildman–Crippen MR) is 75.7 cm³/mol. The van der Waals surface area contributed by atoms with Gasteiger partial charge in [-0.15, -0.1) is 0 Å². The molecule has 1 N–H and O–H groups in total. The van der Waals surface area contributed by atoms with Gasteiger partial charge in [0.15, 0.2) is 0 Å². The number of rotatable bonds is 8. The molecular formula is C12H27NO3S. The molecule has 0 saturated carbocycles. The summed E-state index contributed by atoms with van der Waals surface area (Å²) in [6.45, 7) is 9.58. The molecule has 0 atom stereocenters. The predicted octanol–water partition coefficient (Wildman–Crippen LogP) is 2.08. The van der Waals surface area contributed by atoms with Crippen molar-refractivity contribution in [2.24, 2.45) is 0 Å². The SMILES string of the molecule is CC.CC.O=CCCC(=O)NCCOCCS. The third kappa shape index (κ3) is 25.6. The van der Waals surface area contributed by atoms with Crippen molar-refractivity contribution >= 4 is 24.8 Å². The van der Waals surface area contributed by atoms with Gasteiger partial charge in [0, 0.05) is 25.1 Å². The summed E-state index contributed by atoms with van der Waals surface area (Å²) < 4.78 is 5.08. The minimum Gasteiger partial charge on any atom is -0.379 e. The highest BCUT2D eigenvalue weighted by atomic mass is 32.1. The summed E-state index contributed by atoms with van der Waals surface area (Å²) in [5.74, 6) is 0.570. The number of thiol groups is 1. The highest BCUT2D eigenvalue weighted by Gasteiger charge is 1.98. The van der Waals surface area contributed by atoms with Crippen molar-refractivity contribution in [3.8, 4) is 0 Å². The molecule has 5 heteroatoms. The second-order valence-electron chi connectivity index (χ2n) is 2.39. The molecule has 104 valence electrons. The largest absolute Gasteiger partial charge is 0.379 e. The number of ether oxygens (including phenoxy) is 1. The van der Waals surface area contributed by atoms with Gasteiger partial charge in [-0.1, -0.05) is 27.7 Å². The van der Waals surface area contributed by atoms with Crippen LogP contribution in [0.1, 0.15) is 40.5 Å². The summed E-state index contributed by atoms with van der Waals surface area (Å²) in [5, 5.41) is 2.63. The maximum atomic E-state index is 10.9. The molecule has 0 aromatic rings. The van der Waals surface area contributed by atoms with E-state index in [4.69, 9.17) is 4.74 Å². The summed E-state index contributed by atoms with van der Waals surface area (Å²) >= 11 is 3.96. The highest BCUT2D eigenvalue weighted by molar-refractivity contribution is 7.80. The van der Waals surface area contributed by atoms with Gasteiger partial charge in [0.1, 0.15) is 6.29 Å². The van der Waals surface area contributed by atoms with Gasteiger partial charge in [0.05, 0.1) is 13.2 Å².